The Kier molecular flexibility index (Phi) is 4.44. The summed E-state index contributed by atoms with van der Waals surface area (Å²) in [4.78, 5) is 15.6. The summed E-state index contributed by atoms with van der Waals surface area (Å²) in [6, 6.07) is 12.2. The fourth-order valence-electron chi connectivity index (χ4n) is 5.20. The third kappa shape index (κ3) is 2.94. The van der Waals surface area contributed by atoms with Crippen LogP contribution >= 0.6 is 11.6 Å². The third-order valence-corrected chi connectivity index (χ3v) is 6.98. The maximum Gasteiger partial charge on any atom is 0.258 e. The lowest BCUT2D eigenvalue weighted by molar-refractivity contribution is 0.0960. The number of carbonyl (C=O) groups is 1. The molecule has 2 heterocycles. The first-order valence-corrected chi connectivity index (χ1v) is 10.6. The first-order valence-electron chi connectivity index (χ1n) is 10.2. The zero-order valence-corrected chi connectivity index (χ0v) is 16.5. The van der Waals surface area contributed by atoms with E-state index in [1.54, 1.807) is 24.3 Å². The normalized spacial score (nSPS) is 23.1. The van der Waals surface area contributed by atoms with E-state index in [4.69, 9.17) is 11.6 Å². The van der Waals surface area contributed by atoms with Gasteiger partial charge in [-0.1, -0.05) is 30.5 Å². The number of piperidine rings is 1. The number of hydrogen-bond donors (Lipinski definition) is 1. The van der Waals surface area contributed by atoms with Crippen molar-refractivity contribution in [2.45, 2.75) is 43.6 Å². The Hall–Kier alpha value is -1.91. The molecular weight excluding hydrogens is 375 g/mol. The first-order chi connectivity index (χ1) is 13.6. The van der Waals surface area contributed by atoms with E-state index in [9.17, 15) is 9.18 Å². The molecule has 1 N–H and O–H groups in total. The SMILES string of the molecule is O=C(c1cccc(Cl)c1)N1c2ccc(F)cc2C2(CCNCC2)[C@H]1CC1CC1. The number of fused-ring (bicyclic) bond motifs is 2. The standard InChI is InChI=1S/C23H24ClFN2O/c24-17-3-1-2-16(13-17)22(28)27-20-7-6-18(25)14-19(20)23(8-10-26-11-9-23)21(27)12-15-4-5-15/h1-3,6-7,13-15,21,26H,4-5,8-12H2/t21-/m1/s1. The van der Waals surface area contributed by atoms with E-state index in [1.807, 2.05) is 17.0 Å². The van der Waals surface area contributed by atoms with Gasteiger partial charge in [-0.25, -0.2) is 4.39 Å². The molecule has 0 aromatic heterocycles. The maximum absolute atomic E-state index is 14.3. The summed E-state index contributed by atoms with van der Waals surface area (Å²) in [5, 5.41) is 3.99. The summed E-state index contributed by atoms with van der Waals surface area (Å²) in [7, 11) is 0. The molecule has 2 aromatic rings. The Morgan fingerprint density at radius 2 is 1.96 bits per heavy atom. The lowest BCUT2D eigenvalue weighted by Crippen LogP contribution is -2.52. The van der Waals surface area contributed by atoms with Gasteiger partial charge in [-0.3, -0.25) is 4.79 Å². The Bertz CT molecular complexity index is 921. The number of carbonyl (C=O) groups excluding carboxylic acids is 1. The van der Waals surface area contributed by atoms with Crippen molar-refractivity contribution >= 4 is 23.2 Å². The molecule has 5 heteroatoms. The third-order valence-electron chi connectivity index (χ3n) is 6.74. The fourth-order valence-corrected chi connectivity index (χ4v) is 5.39. The van der Waals surface area contributed by atoms with Crippen molar-refractivity contribution in [3.63, 3.8) is 0 Å². The van der Waals surface area contributed by atoms with Gasteiger partial charge in [0.15, 0.2) is 0 Å². The minimum atomic E-state index is -0.223. The average molecular weight is 399 g/mol. The monoisotopic (exact) mass is 398 g/mol. The van der Waals surface area contributed by atoms with Gasteiger partial charge in [-0.15, -0.1) is 0 Å². The smallest absolute Gasteiger partial charge is 0.258 e. The van der Waals surface area contributed by atoms with Crippen LogP contribution in [0.1, 0.15) is 48.0 Å². The van der Waals surface area contributed by atoms with Gasteiger partial charge in [-0.05, 0) is 80.2 Å². The summed E-state index contributed by atoms with van der Waals surface area (Å²) in [5.74, 6) is 0.417. The van der Waals surface area contributed by atoms with Gasteiger partial charge in [0.2, 0.25) is 0 Å². The van der Waals surface area contributed by atoms with Crippen molar-refractivity contribution in [2.24, 2.45) is 5.92 Å². The summed E-state index contributed by atoms with van der Waals surface area (Å²) >= 11 is 6.16. The molecular formula is C23H24ClFN2O. The van der Waals surface area contributed by atoms with Crippen molar-refractivity contribution in [2.75, 3.05) is 18.0 Å². The molecule has 3 nitrogen and oxygen atoms in total. The van der Waals surface area contributed by atoms with E-state index in [1.165, 1.54) is 18.9 Å². The molecule has 5 rings (SSSR count). The van der Waals surface area contributed by atoms with E-state index in [0.29, 0.717) is 16.5 Å². The van der Waals surface area contributed by atoms with Crippen LogP contribution in [0.4, 0.5) is 10.1 Å². The van der Waals surface area contributed by atoms with Crippen LogP contribution in [0.15, 0.2) is 42.5 Å². The van der Waals surface area contributed by atoms with Gasteiger partial charge >= 0.3 is 0 Å². The highest BCUT2D eigenvalue weighted by molar-refractivity contribution is 6.31. The van der Waals surface area contributed by atoms with Crippen LogP contribution in [0.2, 0.25) is 5.02 Å². The van der Waals surface area contributed by atoms with E-state index in [2.05, 4.69) is 5.32 Å². The number of anilines is 1. The van der Waals surface area contributed by atoms with Gasteiger partial charge < -0.3 is 10.2 Å². The minimum absolute atomic E-state index is 0.0311. The summed E-state index contributed by atoms with van der Waals surface area (Å²) in [6.07, 6.45) is 5.31. The van der Waals surface area contributed by atoms with E-state index in [0.717, 1.165) is 43.6 Å². The van der Waals surface area contributed by atoms with Crippen molar-refractivity contribution in [3.8, 4) is 0 Å². The zero-order valence-electron chi connectivity index (χ0n) is 15.8. The van der Waals surface area contributed by atoms with Gasteiger partial charge in [-0.2, -0.15) is 0 Å². The van der Waals surface area contributed by atoms with Crippen molar-refractivity contribution in [3.05, 3.63) is 64.4 Å². The highest BCUT2D eigenvalue weighted by atomic mass is 35.5. The molecule has 0 radical (unpaired) electrons. The number of hydrogen-bond acceptors (Lipinski definition) is 2. The quantitative estimate of drug-likeness (QED) is 0.795. The number of benzene rings is 2. The predicted molar refractivity (Wildman–Crippen MR) is 110 cm³/mol. The second kappa shape index (κ2) is 6.85. The highest BCUT2D eigenvalue weighted by Crippen LogP contribution is 2.54. The molecule has 1 amide bonds. The summed E-state index contributed by atoms with van der Waals surface area (Å²) < 4.78 is 14.3. The number of amides is 1. The van der Waals surface area contributed by atoms with Crippen LogP contribution in [0.5, 0.6) is 0 Å². The van der Waals surface area contributed by atoms with E-state index < -0.39 is 0 Å². The second-order valence-electron chi connectivity index (χ2n) is 8.45. The van der Waals surface area contributed by atoms with Gasteiger partial charge in [0.05, 0.1) is 0 Å². The number of nitrogens with one attached hydrogen (secondary N) is 1. The molecule has 3 aliphatic rings. The van der Waals surface area contributed by atoms with Crippen LogP contribution in [-0.2, 0) is 5.41 Å². The van der Waals surface area contributed by atoms with Gasteiger partial charge in [0, 0.05) is 27.7 Å². The average Bonchev–Trinajstić information content (AvgIpc) is 3.49. The molecule has 1 saturated carbocycles. The van der Waals surface area contributed by atoms with Gasteiger partial charge in [0.25, 0.3) is 5.91 Å². The maximum atomic E-state index is 14.3. The Morgan fingerprint density at radius 3 is 2.68 bits per heavy atom. The summed E-state index contributed by atoms with van der Waals surface area (Å²) in [5.41, 5.74) is 2.31. The molecule has 1 aliphatic carbocycles. The molecule has 146 valence electrons. The molecule has 1 spiro atoms. The predicted octanol–water partition coefficient (Wildman–Crippen LogP) is 4.93. The van der Waals surface area contributed by atoms with Gasteiger partial charge in [0.1, 0.15) is 5.82 Å². The molecule has 28 heavy (non-hydrogen) atoms. The second-order valence-corrected chi connectivity index (χ2v) is 8.88. The topological polar surface area (TPSA) is 32.3 Å². The molecule has 2 aromatic carbocycles. The first kappa shape index (κ1) is 18.1. The van der Waals surface area contributed by atoms with Crippen molar-refractivity contribution in [1.29, 1.82) is 0 Å². The molecule has 1 atom stereocenters. The Morgan fingerprint density at radius 1 is 1.18 bits per heavy atom. The number of rotatable bonds is 3. The minimum Gasteiger partial charge on any atom is -0.317 e. The van der Waals surface area contributed by atoms with E-state index >= 15 is 0 Å². The Balaban J connectivity index is 1.64. The molecule has 0 unspecified atom stereocenters. The summed E-state index contributed by atoms with van der Waals surface area (Å²) in [6.45, 7) is 1.80. The zero-order chi connectivity index (χ0) is 19.3. The lowest BCUT2D eigenvalue weighted by atomic mass is 9.68. The van der Waals surface area contributed by atoms with Crippen LogP contribution in [0.25, 0.3) is 0 Å². The molecule has 0 bridgehead atoms. The van der Waals surface area contributed by atoms with Crippen LogP contribution in [0.3, 0.4) is 0 Å². The number of halogens is 2. The highest BCUT2D eigenvalue weighted by Gasteiger charge is 2.54. The van der Waals surface area contributed by atoms with E-state index in [-0.39, 0.29) is 23.2 Å². The van der Waals surface area contributed by atoms with Crippen molar-refractivity contribution in [1.82, 2.24) is 5.32 Å². The van der Waals surface area contributed by atoms with Crippen molar-refractivity contribution < 1.29 is 9.18 Å². The molecule has 2 fully saturated rings. The fraction of sp³-hybridized carbons (Fsp3) is 0.435. The lowest BCUT2D eigenvalue weighted by Gasteiger charge is -2.42. The largest absolute Gasteiger partial charge is 0.317 e. The van der Waals surface area contributed by atoms with Crippen LogP contribution in [-0.4, -0.2) is 25.0 Å². The molecule has 1 saturated heterocycles. The van der Waals surface area contributed by atoms with Crippen LogP contribution < -0.4 is 10.2 Å². The Labute approximate surface area is 169 Å². The number of nitrogens with zero attached hydrogens (tertiary/aromatic N) is 1. The van der Waals surface area contributed by atoms with Crippen LogP contribution in [0, 0.1) is 11.7 Å². The molecule has 2 aliphatic heterocycles.